The molecule has 2 aromatic carbocycles. The fraction of sp³-hybridized carbons (Fsp3) is 0.191. The van der Waals surface area contributed by atoms with Crippen molar-refractivity contribution in [2.75, 3.05) is 13.1 Å². The predicted molar refractivity (Wildman–Crippen MR) is 246 cm³/mol. The number of amides is 2. The molecule has 0 aliphatic carbocycles. The van der Waals surface area contributed by atoms with Crippen molar-refractivity contribution >= 4 is 93.0 Å². The molecular weight excluding hydrogens is 887 g/mol. The maximum absolute atomic E-state index is 12.7. The summed E-state index contributed by atoms with van der Waals surface area (Å²) in [5.41, 5.74) is 6.55. The number of ether oxygens (including phenoxy) is 2. The van der Waals surface area contributed by atoms with Gasteiger partial charge in [0.15, 0.2) is 11.6 Å². The number of rotatable bonds is 14. The standard InChI is InChI=1S/C47H37Cl3N4O6S2/c1-25(55)39-9-11-41(61-39)29-15-31-17-35(59-45(31)37(48)19-29)23-52-43(57)13-4-27-3-7-33(51-22-27)21-34-8-5-28(47(50)54-34)6-14-44(58)53-24-36-18-32-16-30(20-38(49)46(32)60-36)42-12-10-40(62-42)26(2)56/h3-16,19-20,22,35-36H,17-18,21,23-24H2,1-2H3,(H,52,57)(H,53,58)/b13-4+,14-6+. The lowest BCUT2D eigenvalue weighted by Crippen LogP contribution is -2.33. The minimum absolute atomic E-state index is 0.0220. The molecule has 4 aromatic heterocycles. The van der Waals surface area contributed by atoms with E-state index in [-0.39, 0.29) is 47.3 Å². The molecular formula is C47H37Cl3N4O6S2. The number of nitrogens with zero attached hydrogens (tertiary/aromatic N) is 2. The summed E-state index contributed by atoms with van der Waals surface area (Å²) in [6.07, 6.45) is 8.89. The minimum Gasteiger partial charge on any atom is -0.486 e. The molecule has 0 bridgehead atoms. The van der Waals surface area contributed by atoms with E-state index in [1.807, 2.05) is 66.7 Å². The number of fused-ring (bicyclic) bond motifs is 2. The highest BCUT2D eigenvalue weighted by atomic mass is 35.5. The van der Waals surface area contributed by atoms with Gasteiger partial charge in [0.2, 0.25) is 11.8 Å². The van der Waals surface area contributed by atoms with Crippen LogP contribution < -0.4 is 20.1 Å². The molecule has 2 unspecified atom stereocenters. The molecule has 0 saturated heterocycles. The molecule has 2 aliphatic heterocycles. The highest BCUT2D eigenvalue weighted by Gasteiger charge is 2.28. The van der Waals surface area contributed by atoms with Crippen LogP contribution in [0.5, 0.6) is 11.5 Å². The normalized spacial score (nSPS) is 15.3. The first kappa shape index (κ1) is 43.0. The molecule has 10 nitrogen and oxygen atoms in total. The zero-order valence-electron chi connectivity index (χ0n) is 33.3. The average molecular weight is 924 g/mol. The maximum Gasteiger partial charge on any atom is 0.244 e. The number of carbonyl (C=O) groups excluding carboxylic acids is 4. The number of halogens is 3. The molecule has 8 rings (SSSR count). The summed E-state index contributed by atoms with van der Waals surface area (Å²) in [7, 11) is 0. The van der Waals surface area contributed by atoms with Gasteiger partial charge < -0.3 is 20.1 Å². The van der Waals surface area contributed by atoms with Crippen molar-refractivity contribution in [3.05, 3.63) is 150 Å². The number of pyridine rings is 2. The third kappa shape index (κ3) is 10.2. The van der Waals surface area contributed by atoms with Gasteiger partial charge in [-0.05, 0) is 103 Å². The second-order valence-corrected chi connectivity index (χ2v) is 18.2. The van der Waals surface area contributed by atoms with Gasteiger partial charge in [0.1, 0.15) is 28.9 Å². The van der Waals surface area contributed by atoms with E-state index in [0.717, 1.165) is 43.3 Å². The molecule has 15 heteroatoms. The van der Waals surface area contributed by atoms with Gasteiger partial charge in [-0.15, -0.1) is 22.7 Å². The summed E-state index contributed by atoms with van der Waals surface area (Å²) >= 11 is 22.5. The summed E-state index contributed by atoms with van der Waals surface area (Å²) in [6, 6.07) is 22.5. The van der Waals surface area contributed by atoms with Gasteiger partial charge in [0, 0.05) is 75.4 Å². The first-order valence-electron chi connectivity index (χ1n) is 19.6. The third-order valence-electron chi connectivity index (χ3n) is 10.2. The Hall–Kier alpha value is -5.63. The summed E-state index contributed by atoms with van der Waals surface area (Å²) in [6.45, 7) is 3.68. The smallest absolute Gasteiger partial charge is 0.244 e. The Balaban J connectivity index is 0.772. The molecule has 0 spiro atoms. The molecule has 0 radical (unpaired) electrons. The molecule has 2 aliphatic rings. The average Bonchev–Trinajstić information content (AvgIpc) is 4.08. The number of hydrogen-bond acceptors (Lipinski definition) is 10. The molecule has 6 heterocycles. The molecule has 2 atom stereocenters. The highest BCUT2D eigenvalue weighted by Crippen LogP contribution is 2.42. The first-order chi connectivity index (χ1) is 29.8. The number of carbonyl (C=O) groups is 4. The number of benzene rings is 2. The number of aromatic nitrogens is 2. The van der Waals surface area contributed by atoms with Crippen molar-refractivity contribution in [2.24, 2.45) is 0 Å². The molecule has 0 saturated carbocycles. The monoisotopic (exact) mass is 922 g/mol. The fourth-order valence-corrected chi connectivity index (χ4v) is 9.64. The van der Waals surface area contributed by atoms with Crippen molar-refractivity contribution in [3.8, 4) is 32.4 Å². The van der Waals surface area contributed by atoms with Crippen molar-refractivity contribution in [1.82, 2.24) is 20.6 Å². The van der Waals surface area contributed by atoms with E-state index >= 15 is 0 Å². The Morgan fingerprint density at radius 2 is 1.23 bits per heavy atom. The number of hydrogen-bond donors (Lipinski definition) is 2. The molecule has 2 N–H and O–H groups in total. The van der Waals surface area contributed by atoms with E-state index < -0.39 is 0 Å². The number of ketones is 2. The summed E-state index contributed by atoms with van der Waals surface area (Å²) in [5.74, 6) is 0.699. The number of thiophene rings is 2. The van der Waals surface area contributed by atoms with Gasteiger partial charge in [0.25, 0.3) is 0 Å². The van der Waals surface area contributed by atoms with Crippen LogP contribution >= 0.6 is 57.5 Å². The summed E-state index contributed by atoms with van der Waals surface area (Å²) in [5, 5.41) is 7.01. The Kier molecular flexibility index (Phi) is 13.0. The van der Waals surface area contributed by atoms with Crippen molar-refractivity contribution in [2.45, 2.75) is 45.3 Å². The van der Waals surface area contributed by atoms with Gasteiger partial charge in [-0.2, -0.15) is 0 Å². The Morgan fingerprint density at radius 1 is 0.694 bits per heavy atom. The lowest BCUT2D eigenvalue weighted by molar-refractivity contribution is -0.117. The van der Waals surface area contributed by atoms with Crippen molar-refractivity contribution in [3.63, 3.8) is 0 Å². The molecule has 314 valence electrons. The van der Waals surface area contributed by atoms with Crippen LogP contribution in [0.4, 0.5) is 0 Å². The van der Waals surface area contributed by atoms with Crippen LogP contribution in [0.1, 0.15) is 66.8 Å². The topological polar surface area (TPSA) is 137 Å². The zero-order chi connectivity index (χ0) is 43.5. The van der Waals surface area contributed by atoms with Crippen LogP contribution in [0, 0.1) is 0 Å². The Bertz CT molecular complexity index is 2800. The predicted octanol–water partition coefficient (Wildman–Crippen LogP) is 10.2. The van der Waals surface area contributed by atoms with Gasteiger partial charge in [-0.1, -0.05) is 46.9 Å². The second kappa shape index (κ2) is 18.8. The first-order valence-corrected chi connectivity index (χ1v) is 22.3. The largest absolute Gasteiger partial charge is 0.486 e. The highest BCUT2D eigenvalue weighted by molar-refractivity contribution is 7.17. The molecule has 2 amide bonds. The van der Waals surface area contributed by atoms with Gasteiger partial charge in [0.05, 0.1) is 32.9 Å². The quantitative estimate of drug-likeness (QED) is 0.0626. The Morgan fingerprint density at radius 3 is 1.71 bits per heavy atom. The lowest BCUT2D eigenvalue weighted by atomic mass is 10.1. The summed E-state index contributed by atoms with van der Waals surface area (Å²) < 4.78 is 12.1. The van der Waals surface area contributed by atoms with E-state index in [0.29, 0.717) is 68.4 Å². The molecule has 62 heavy (non-hydrogen) atoms. The van der Waals surface area contributed by atoms with Crippen LogP contribution in [0.25, 0.3) is 33.0 Å². The van der Waals surface area contributed by atoms with Gasteiger partial charge in [-0.25, -0.2) is 4.98 Å². The van der Waals surface area contributed by atoms with E-state index in [9.17, 15) is 19.2 Å². The summed E-state index contributed by atoms with van der Waals surface area (Å²) in [4.78, 5) is 61.2. The molecule has 6 aromatic rings. The SMILES string of the molecule is CC(=O)c1ccc(-c2cc(Cl)c3c(c2)CC(CNC(=O)/C=C/c2ccc(Cc4ccc(/C=C/C(=O)NCC5Cc6cc(-c7ccc(C(C)=O)s7)cc(Cl)c6O5)c(Cl)n4)nc2)O3)s1. The van der Waals surface area contributed by atoms with E-state index in [1.54, 1.807) is 38.3 Å². The van der Waals surface area contributed by atoms with Crippen LogP contribution in [0.15, 0.2) is 91.1 Å². The van der Waals surface area contributed by atoms with E-state index in [4.69, 9.17) is 44.3 Å². The number of nitrogens with one attached hydrogen (secondary N) is 2. The van der Waals surface area contributed by atoms with Crippen LogP contribution in [0.3, 0.4) is 0 Å². The number of Topliss-reactive ketones (excluding diaryl/α,β-unsaturated/α-hetero) is 2. The van der Waals surface area contributed by atoms with Crippen LogP contribution in [-0.2, 0) is 28.9 Å². The van der Waals surface area contributed by atoms with Crippen LogP contribution in [0.2, 0.25) is 15.2 Å². The minimum atomic E-state index is -0.308. The van der Waals surface area contributed by atoms with Gasteiger partial charge in [-0.3, -0.25) is 24.2 Å². The zero-order valence-corrected chi connectivity index (χ0v) is 37.2. The fourth-order valence-electron chi connectivity index (χ4n) is 7.07. The second-order valence-electron chi connectivity index (χ2n) is 14.8. The van der Waals surface area contributed by atoms with Crippen molar-refractivity contribution < 1.29 is 28.7 Å². The third-order valence-corrected chi connectivity index (χ3v) is 13.5. The maximum atomic E-state index is 12.7. The van der Waals surface area contributed by atoms with E-state index in [2.05, 4.69) is 20.6 Å². The Labute approximate surface area is 380 Å². The van der Waals surface area contributed by atoms with E-state index in [1.165, 1.54) is 34.8 Å². The lowest BCUT2D eigenvalue weighted by Gasteiger charge is -2.11. The van der Waals surface area contributed by atoms with Gasteiger partial charge >= 0.3 is 0 Å². The molecule has 0 fully saturated rings. The van der Waals surface area contributed by atoms with Crippen molar-refractivity contribution in [1.29, 1.82) is 0 Å². The van der Waals surface area contributed by atoms with Crippen LogP contribution in [-0.4, -0.2) is 58.6 Å².